The maximum Gasteiger partial charge on any atom is 0.222 e. The lowest BCUT2D eigenvalue weighted by molar-refractivity contribution is -0.131. The molecule has 1 fully saturated rings. The summed E-state index contributed by atoms with van der Waals surface area (Å²) in [5.74, 6) is 0.889. The zero-order valence-electron chi connectivity index (χ0n) is 7.97. The summed E-state index contributed by atoms with van der Waals surface area (Å²) in [4.78, 5) is 13.3. The van der Waals surface area contributed by atoms with Gasteiger partial charge in [0.2, 0.25) is 5.91 Å². The van der Waals surface area contributed by atoms with Crippen LogP contribution in [0.5, 0.6) is 0 Å². The lowest BCUT2D eigenvalue weighted by atomic mass is 9.99. The Morgan fingerprint density at radius 2 is 2.25 bits per heavy atom. The average molecular weight is 170 g/mol. The Bertz CT molecular complexity index is 155. The van der Waals surface area contributed by atoms with Gasteiger partial charge < -0.3 is 10.2 Å². The number of carbonyl (C=O) groups is 1. The predicted octanol–water partition coefficient (Wildman–Crippen LogP) is 0.464. The highest BCUT2D eigenvalue weighted by molar-refractivity contribution is 5.76. The predicted molar refractivity (Wildman–Crippen MR) is 48.9 cm³/mol. The minimum atomic E-state index is 0.295. The van der Waals surface area contributed by atoms with Gasteiger partial charge in [-0.15, -0.1) is 0 Å². The Hall–Kier alpha value is -0.570. The Labute approximate surface area is 74.1 Å². The Morgan fingerprint density at radius 1 is 1.58 bits per heavy atom. The van der Waals surface area contributed by atoms with Crippen LogP contribution in [-0.4, -0.2) is 37.5 Å². The molecule has 3 nitrogen and oxygen atoms in total. The quantitative estimate of drug-likeness (QED) is 0.665. The van der Waals surface area contributed by atoms with E-state index in [1.54, 1.807) is 0 Å². The molecule has 0 saturated carbocycles. The third kappa shape index (κ3) is 2.48. The smallest absolute Gasteiger partial charge is 0.222 e. The summed E-state index contributed by atoms with van der Waals surface area (Å²) in [6.45, 7) is 5.02. The van der Waals surface area contributed by atoms with Gasteiger partial charge in [-0.05, 0) is 25.4 Å². The van der Waals surface area contributed by atoms with Crippen LogP contribution in [0.4, 0.5) is 0 Å². The van der Waals surface area contributed by atoms with E-state index in [1.807, 2.05) is 11.9 Å². The number of nitrogens with one attached hydrogen (secondary N) is 1. The van der Waals surface area contributed by atoms with Crippen molar-refractivity contribution in [3.63, 3.8) is 0 Å². The number of amides is 1. The van der Waals surface area contributed by atoms with Crippen molar-refractivity contribution in [3.05, 3.63) is 0 Å². The molecule has 1 rings (SSSR count). The second-order valence-electron chi connectivity index (χ2n) is 3.54. The number of hydrogen-bond acceptors (Lipinski definition) is 2. The van der Waals surface area contributed by atoms with E-state index in [4.69, 9.17) is 0 Å². The van der Waals surface area contributed by atoms with E-state index < -0.39 is 0 Å². The van der Waals surface area contributed by atoms with Crippen molar-refractivity contribution < 1.29 is 4.79 Å². The summed E-state index contributed by atoms with van der Waals surface area (Å²) in [5, 5.41) is 3.17. The first-order valence-corrected chi connectivity index (χ1v) is 4.68. The van der Waals surface area contributed by atoms with Crippen molar-refractivity contribution in [1.82, 2.24) is 10.2 Å². The summed E-state index contributed by atoms with van der Waals surface area (Å²) in [5.41, 5.74) is 0. The lowest BCUT2D eigenvalue weighted by Crippen LogP contribution is -2.44. The van der Waals surface area contributed by atoms with Crippen LogP contribution in [-0.2, 0) is 4.79 Å². The summed E-state index contributed by atoms with van der Waals surface area (Å²) >= 11 is 0. The van der Waals surface area contributed by atoms with Gasteiger partial charge in [0.1, 0.15) is 0 Å². The van der Waals surface area contributed by atoms with Crippen molar-refractivity contribution in [2.24, 2.45) is 5.92 Å². The monoisotopic (exact) mass is 170 g/mol. The molecule has 0 unspecified atom stereocenters. The van der Waals surface area contributed by atoms with Crippen LogP contribution < -0.4 is 5.32 Å². The summed E-state index contributed by atoms with van der Waals surface area (Å²) < 4.78 is 0. The van der Waals surface area contributed by atoms with E-state index in [-0.39, 0.29) is 0 Å². The molecule has 1 amide bonds. The van der Waals surface area contributed by atoms with Gasteiger partial charge in [-0.25, -0.2) is 0 Å². The fourth-order valence-corrected chi connectivity index (χ4v) is 1.36. The van der Waals surface area contributed by atoms with E-state index in [0.29, 0.717) is 11.8 Å². The van der Waals surface area contributed by atoms with Crippen molar-refractivity contribution in [1.29, 1.82) is 0 Å². The third-order valence-electron chi connectivity index (χ3n) is 2.31. The van der Waals surface area contributed by atoms with Crippen molar-refractivity contribution in [2.45, 2.75) is 19.8 Å². The SMILES string of the molecule is CCCN(C)C(=O)CC1CNC1. The molecule has 0 aromatic heterocycles. The zero-order chi connectivity index (χ0) is 8.97. The second-order valence-corrected chi connectivity index (χ2v) is 3.54. The van der Waals surface area contributed by atoms with E-state index in [2.05, 4.69) is 12.2 Å². The average Bonchev–Trinajstić information content (AvgIpc) is 1.97. The topological polar surface area (TPSA) is 32.3 Å². The zero-order valence-corrected chi connectivity index (χ0v) is 7.97. The van der Waals surface area contributed by atoms with E-state index in [9.17, 15) is 4.79 Å². The molecule has 1 heterocycles. The summed E-state index contributed by atoms with van der Waals surface area (Å²) in [7, 11) is 1.89. The Balaban J connectivity index is 2.16. The van der Waals surface area contributed by atoms with Crippen molar-refractivity contribution in [2.75, 3.05) is 26.7 Å². The van der Waals surface area contributed by atoms with Gasteiger partial charge in [-0.1, -0.05) is 6.92 Å². The first-order valence-electron chi connectivity index (χ1n) is 4.68. The highest BCUT2D eigenvalue weighted by Gasteiger charge is 2.21. The van der Waals surface area contributed by atoms with E-state index >= 15 is 0 Å². The van der Waals surface area contributed by atoms with Gasteiger partial charge in [0.05, 0.1) is 0 Å². The van der Waals surface area contributed by atoms with Crippen LogP contribution in [0.3, 0.4) is 0 Å². The van der Waals surface area contributed by atoms with E-state index in [1.165, 1.54) is 0 Å². The molecule has 0 bridgehead atoms. The molecule has 1 aliphatic rings. The van der Waals surface area contributed by atoms with Gasteiger partial charge in [-0.3, -0.25) is 4.79 Å². The summed E-state index contributed by atoms with van der Waals surface area (Å²) in [6.07, 6.45) is 1.77. The molecule has 0 atom stereocenters. The minimum absolute atomic E-state index is 0.295. The van der Waals surface area contributed by atoms with E-state index in [0.717, 1.165) is 32.5 Å². The molecule has 0 spiro atoms. The van der Waals surface area contributed by atoms with Gasteiger partial charge in [-0.2, -0.15) is 0 Å². The van der Waals surface area contributed by atoms with Crippen LogP contribution in [0.1, 0.15) is 19.8 Å². The van der Waals surface area contributed by atoms with Crippen molar-refractivity contribution >= 4 is 5.91 Å². The summed E-state index contributed by atoms with van der Waals surface area (Å²) in [6, 6.07) is 0. The largest absolute Gasteiger partial charge is 0.346 e. The van der Waals surface area contributed by atoms with Gasteiger partial charge in [0.15, 0.2) is 0 Å². The number of hydrogen-bond donors (Lipinski definition) is 1. The van der Waals surface area contributed by atoms with Crippen LogP contribution in [0.15, 0.2) is 0 Å². The van der Waals surface area contributed by atoms with Gasteiger partial charge in [0.25, 0.3) is 0 Å². The molecule has 0 aromatic rings. The highest BCUT2D eigenvalue weighted by atomic mass is 16.2. The molecule has 0 aliphatic carbocycles. The standard InChI is InChI=1S/C9H18N2O/c1-3-4-11(2)9(12)5-8-6-10-7-8/h8,10H,3-7H2,1-2H3. The normalized spacial score (nSPS) is 17.2. The maximum atomic E-state index is 11.4. The number of rotatable bonds is 4. The molecule has 70 valence electrons. The third-order valence-corrected chi connectivity index (χ3v) is 2.31. The molecule has 1 saturated heterocycles. The fourth-order valence-electron chi connectivity index (χ4n) is 1.36. The van der Waals surface area contributed by atoms with Crippen LogP contribution in [0.25, 0.3) is 0 Å². The first-order chi connectivity index (χ1) is 5.74. The maximum absolute atomic E-state index is 11.4. The first kappa shape index (κ1) is 9.52. The molecule has 12 heavy (non-hydrogen) atoms. The Kier molecular flexibility index (Phi) is 3.53. The molecule has 1 N–H and O–H groups in total. The molecular weight excluding hydrogens is 152 g/mol. The number of nitrogens with zero attached hydrogens (tertiary/aromatic N) is 1. The highest BCUT2D eigenvalue weighted by Crippen LogP contribution is 2.09. The van der Waals surface area contributed by atoms with Crippen LogP contribution in [0.2, 0.25) is 0 Å². The molecular formula is C9H18N2O. The van der Waals surface area contributed by atoms with Crippen LogP contribution in [0, 0.1) is 5.92 Å². The molecule has 0 aromatic carbocycles. The van der Waals surface area contributed by atoms with Gasteiger partial charge in [0, 0.05) is 20.0 Å². The van der Waals surface area contributed by atoms with Crippen LogP contribution >= 0.6 is 0 Å². The number of carbonyl (C=O) groups excluding carboxylic acids is 1. The molecule has 3 heteroatoms. The van der Waals surface area contributed by atoms with Gasteiger partial charge >= 0.3 is 0 Å². The fraction of sp³-hybridized carbons (Fsp3) is 0.889. The Morgan fingerprint density at radius 3 is 2.67 bits per heavy atom. The minimum Gasteiger partial charge on any atom is -0.346 e. The molecule has 0 radical (unpaired) electrons. The second kappa shape index (κ2) is 4.45. The van der Waals surface area contributed by atoms with Crippen molar-refractivity contribution in [3.8, 4) is 0 Å². The molecule has 1 aliphatic heterocycles. The lowest BCUT2D eigenvalue weighted by Gasteiger charge is -2.28.